The predicted octanol–water partition coefficient (Wildman–Crippen LogP) is 3.61. The maximum Gasteiger partial charge on any atom is 0.302 e. The summed E-state index contributed by atoms with van der Waals surface area (Å²) in [4.78, 5) is 12.0. The maximum absolute atomic E-state index is 12.0. The van der Waals surface area contributed by atoms with Crippen molar-refractivity contribution in [1.29, 1.82) is 0 Å². The molecular weight excluding hydrogens is 360 g/mol. The minimum Gasteiger partial charge on any atom is -0.472 e. The van der Waals surface area contributed by atoms with Gasteiger partial charge in [-0.05, 0) is 43.6 Å². The fourth-order valence-electron chi connectivity index (χ4n) is 7.48. The SMILES string of the molecule is CC(=O)O[C@H]1C[C@@H](C)[C@@]23C[C@@H](c4ccoc4)O[C@H]2OC[C@]12[C@@H]3CCC[C@]21CO1. The van der Waals surface area contributed by atoms with Gasteiger partial charge in [0.05, 0.1) is 37.3 Å². The van der Waals surface area contributed by atoms with Crippen molar-refractivity contribution in [3.8, 4) is 0 Å². The molecular formula is C22H28O6. The number of epoxide rings is 1. The molecule has 0 amide bonds. The Morgan fingerprint density at radius 2 is 2.18 bits per heavy atom. The van der Waals surface area contributed by atoms with E-state index in [0.29, 0.717) is 18.4 Å². The minimum atomic E-state index is -0.255. The molecule has 6 rings (SSSR count). The number of furan rings is 1. The molecule has 6 nitrogen and oxygen atoms in total. The molecule has 0 aromatic carbocycles. The topological polar surface area (TPSA) is 70.4 Å². The molecule has 2 spiro atoms. The zero-order valence-electron chi connectivity index (χ0n) is 16.5. The van der Waals surface area contributed by atoms with E-state index in [-0.39, 0.29) is 40.9 Å². The lowest BCUT2D eigenvalue weighted by molar-refractivity contribution is -0.332. The van der Waals surface area contributed by atoms with E-state index in [1.165, 1.54) is 6.92 Å². The van der Waals surface area contributed by atoms with E-state index in [1.807, 2.05) is 6.07 Å². The highest BCUT2D eigenvalue weighted by Crippen LogP contribution is 2.74. The van der Waals surface area contributed by atoms with Crippen LogP contribution in [0.15, 0.2) is 23.0 Å². The van der Waals surface area contributed by atoms with Crippen LogP contribution in [0.2, 0.25) is 0 Å². The van der Waals surface area contributed by atoms with E-state index in [1.54, 1.807) is 12.5 Å². The zero-order valence-corrected chi connectivity index (χ0v) is 16.5. The van der Waals surface area contributed by atoms with Crippen molar-refractivity contribution >= 4 is 5.97 Å². The van der Waals surface area contributed by atoms with Crippen LogP contribution in [0.25, 0.3) is 0 Å². The average molecular weight is 388 g/mol. The predicted molar refractivity (Wildman–Crippen MR) is 97.1 cm³/mol. The molecule has 2 bridgehead atoms. The van der Waals surface area contributed by atoms with Gasteiger partial charge in [-0.2, -0.15) is 0 Å². The van der Waals surface area contributed by atoms with Gasteiger partial charge in [-0.25, -0.2) is 0 Å². The number of hydrogen-bond acceptors (Lipinski definition) is 6. The van der Waals surface area contributed by atoms with E-state index in [4.69, 9.17) is 23.4 Å². The van der Waals surface area contributed by atoms with Crippen LogP contribution in [0, 0.1) is 22.7 Å². The Morgan fingerprint density at radius 3 is 2.89 bits per heavy atom. The lowest BCUT2D eigenvalue weighted by Gasteiger charge is -2.66. The Balaban J connectivity index is 1.46. The molecule has 2 aliphatic carbocycles. The van der Waals surface area contributed by atoms with E-state index in [9.17, 15) is 4.79 Å². The second-order valence-electron chi connectivity index (χ2n) is 9.64. The number of ether oxygens (including phenoxy) is 4. The first-order valence-corrected chi connectivity index (χ1v) is 10.6. The molecule has 6 heteroatoms. The van der Waals surface area contributed by atoms with Crippen molar-refractivity contribution in [3.05, 3.63) is 24.2 Å². The van der Waals surface area contributed by atoms with E-state index < -0.39 is 0 Å². The van der Waals surface area contributed by atoms with Gasteiger partial charge in [-0.15, -0.1) is 0 Å². The first kappa shape index (κ1) is 17.5. The minimum absolute atomic E-state index is 0.00901. The van der Waals surface area contributed by atoms with Crippen molar-refractivity contribution in [1.82, 2.24) is 0 Å². The third-order valence-electron chi connectivity index (χ3n) is 8.71. The molecule has 8 atom stereocenters. The molecule has 5 fully saturated rings. The molecule has 0 unspecified atom stereocenters. The largest absolute Gasteiger partial charge is 0.472 e. The summed E-state index contributed by atoms with van der Waals surface area (Å²) in [6.07, 6.45) is 8.20. The molecule has 2 saturated carbocycles. The van der Waals surface area contributed by atoms with Crippen LogP contribution in [0.1, 0.15) is 57.6 Å². The number of rotatable bonds is 2. The molecule has 0 N–H and O–H groups in total. The second-order valence-corrected chi connectivity index (χ2v) is 9.64. The Bertz CT molecular complexity index is 785. The van der Waals surface area contributed by atoms with Crippen LogP contribution in [-0.4, -0.2) is 37.2 Å². The molecule has 5 aliphatic rings. The van der Waals surface area contributed by atoms with Crippen LogP contribution in [-0.2, 0) is 23.7 Å². The van der Waals surface area contributed by atoms with Crippen LogP contribution in [0.4, 0.5) is 0 Å². The second kappa shape index (κ2) is 5.61. The van der Waals surface area contributed by atoms with Crippen LogP contribution < -0.4 is 0 Å². The number of carbonyl (C=O) groups excluding carboxylic acids is 1. The van der Waals surface area contributed by atoms with Crippen molar-refractivity contribution in [2.45, 2.75) is 70.1 Å². The van der Waals surface area contributed by atoms with E-state index in [0.717, 1.165) is 44.3 Å². The summed E-state index contributed by atoms with van der Waals surface area (Å²) in [5.74, 6) is 0.509. The van der Waals surface area contributed by atoms with E-state index in [2.05, 4.69) is 6.92 Å². The van der Waals surface area contributed by atoms with Gasteiger partial charge in [0, 0.05) is 17.9 Å². The van der Waals surface area contributed by atoms with Gasteiger partial charge >= 0.3 is 5.97 Å². The van der Waals surface area contributed by atoms with Crippen molar-refractivity contribution in [2.24, 2.45) is 22.7 Å². The summed E-state index contributed by atoms with van der Waals surface area (Å²) in [5.41, 5.74) is 0.563. The standard InChI is InChI=1S/C22H28O6/c1-13-8-18(27-14(2)23)22-12-25-19-21(13,9-16(28-19)15-5-7-24-10-15)17(22)4-3-6-20(22)11-26-20/h5,7,10,13,16-19H,3-4,6,8-9,11-12H2,1-2H3/t13-,16+,17-,18+,19-,20+,21-,22+/m1/s1. The van der Waals surface area contributed by atoms with Gasteiger partial charge in [0.25, 0.3) is 0 Å². The monoisotopic (exact) mass is 388 g/mol. The quantitative estimate of drug-likeness (QED) is 0.569. The molecule has 28 heavy (non-hydrogen) atoms. The summed E-state index contributed by atoms with van der Waals surface area (Å²) < 4.78 is 30.4. The number of carbonyl (C=O) groups is 1. The summed E-state index contributed by atoms with van der Waals surface area (Å²) in [7, 11) is 0. The molecule has 3 aliphatic heterocycles. The smallest absolute Gasteiger partial charge is 0.302 e. The molecule has 1 aromatic rings. The lowest BCUT2D eigenvalue weighted by atomic mass is 9.41. The van der Waals surface area contributed by atoms with Crippen molar-refractivity contribution < 1.29 is 28.2 Å². The highest BCUT2D eigenvalue weighted by Gasteiger charge is 2.79. The normalized spacial score (nSPS) is 51.4. The molecule has 1 aromatic heterocycles. The fourth-order valence-corrected chi connectivity index (χ4v) is 7.48. The molecule has 4 heterocycles. The lowest BCUT2D eigenvalue weighted by Crippen LogP contribution is -2.72. The van der Waals surface area contributed by atoms with Crippen LogP contribution in [0.3, 0.4) is 0 Å². The van der Waals surface area contributed by atoms with Crippen LogP contribution in [0.5, 0.6) is 0 Å². The van der Waals surface area contributed by atoms with Gasteiger partial charge in [0.1, 0.15) is 11.7 Å². The Morgan fingerprint density at radius 1 is 1.32 bits per heavy atom. The summed E-state index contributed by atoms with van der Waals surface area (Å²) in [6, 6.07) is 1.99. The van der Waals surface area contributed by atoms with Gasteiger partial charge in [-0.3, -0.25) is 4.79 Å². The summed E-state index contributed by atoms with van der Waals surface area (Å²) in [5, 5.41) is 0. The molecule has 0 radical (unpaired) electrons. The number of hydrogen-bond donors (Lipinski definition) is 0. The van der Waals surface area contributed by atoms with Gasteiger partial charge in [0.15, 0.2) is 6.29 Å². The molecule has 3 saturated heterocycles. The van der Waals surface area contributed by atoms with Crippen molar-refractivity contribution in [3.63, 3.8) is 0 Å². The maximum atomic E-state index is 12.0. The van der Waals surface area contributed by atoms with Gasteiger partial charge < -0.3 is 23.4 Å². The third-order valence-corrected chi connectivity index (χ3v) is 8.71. The Kier molecular flexibility index (Phi) is 3.51. The van der Waals surface area contributed by atoms with Gasteiger partial charge in [0.2, 0.25) is 0 Å². The first-order valence-electron chi connectivity index (χ1n) is 10.6. The Labute approximate surface area is 164 Å². The molecule has 152 valence electrons. The highest BCUT2D eigenvalue weighted by atomic mass is 16.7. The van der Waals surface area contributed by atoms with Crippen LogP contribution >= 0.6 is 0 Å². The zero-order chi connectivity index (χ0) is 19.1. The number of esters is 1. The highest BCUT2D eigenvalue weighted by molar-refractivity contribution is 5.66. The summed E-state index contributed by atoms with van der Waals surface area (Å²) >= 11 is 0. The third kappa shape index (κ3) is 1.97. The average Bonchev–Trinajstić information content (AvgIpc) is 3.09. The first-order chi connectivity index (χ1) is 13.5. The van der Waals surface area contributed by atoms with Crippen molar-refractivity contribution in [2.75, 3.05) is 13.2 Å². The van der Waals surface area contributed by atoms with E-state index >= 15 is 0 Å². The summed E-state index contributed by atoms with van der Waals surface area (Å²) in [6.45, 7) is 5.11. The fraction of sp³-hybridized carbons (Fsp3) is 0.773. The van der Waals surface area contributed by atoms with Gasteiger partial charge in [-0.1, -0.05) is 13.3 Å². The Hall–Kier alpha value is -1.37.